The number of fused-ring (bicyclic) bond motifs is 3. The Morgan fingerprint density at radius 2 is 2.00 bits per heavy atom. The summed E-state index contributed by atoms with van der Waals surface area (Å²) < 4.78 is 15.9. The number of hydrogen-bond donors (Lipinski definition) is 0. The van der Waals surface area contributed by atoms with E-state index in [0.717, 1.165) is 35.8 Å². The highest BCUT2D eigenvalue weighted by Gasteiger charge is 2.22. The Morgan fingerprint density at radius 3 is 2.78 bits per heavy atom. The van der Waals surface area contributed by atoms with Crippen molar-refractivity contribution in [2.24, 2.45) is 0 Å². The zero-order valence-electron chi connectivity index (χ0n) is 12.5. The summed E-state index contributed by atoms with van der Waals surface area (Å²) in [6.07, 6.45) is 4.02. The van der Waals surface area contributed by atoms with Crippen LogP contribution >= 0.6 is 0 Å². The van der Waals surface area contributed by atoms with Crippen LogP contribution in [0.2, 0.25) is 0 Å². The molecule has 1 aliphatic carbocycles. The van der Waals surface area contributed by atoms with Crippen molar-refractivity contribution < 1.29 is 18.4 Å². The molecule has 0 bridgehead atoms. The Morgan fingerprint density at radius 1 is 1.17 bits per heavy atom. The predicted molar refractivity (Wildman–Crippen MR) is 82.9 cm³/mol. The third-order valence-corrected chi connectivity index (χ3v) is 4.27. The third kappa shape index (κ3) is 2.16. The topological polar surface area (TPSA) is 69.7 Å². The molecule has 2 heterocycles. The van der Waals surface area contributed by atoms with Gasteiger partial charge in [-0.2, -0.15) is 0 Å². The highest BCUT2D eigenvalue weighted by atomic mass is 16.5. The molecule has 0 unspecified atom stereocenters. The average Bonchev–Trinajstić information content (AvgIpc) is 3.21. The standard InChI is InChI=1S/C18H14O5/c1-10-14(22-18(20)15-6-3-9-21-15)8-7-12-11-4-2-5-13(11)17(19)23-16(10)12/h3,6-9H,2,4-5H2,1H3. The molecule has 5 nitrogen and oxygen atoms in total. The van der Waals surface area contributed by atoms with Gasteiger partial charge in [0.15, 0.2) is 0 Å². The predicted octanol–water partition coefficient (Wildman–Crippen LogP) is 3.40. The SMILES string of the molecule is Cc1c(OC(=O)c2ccco2)ccc2c3c(c(=O)oc12)CCC3. The van der Waals surface area contributed by atoms with Gasteiger partial charge in [0, 0.05) is 16.5 Å². The van der Waals surface area contributed by atoms with Gasteiger partial charge in [-0.15, -0.1) is 0 Å². The second-order valence-corrected chi connectivity index (χ2v) is 5.63. The number of aryl methyl sites for hydroxylation is 2. The summed E-state index contributed by atoms with van der Waals surface area (Å²) in [5.74, 6) is -0.0964. The second kappa shape index (κ2) is 5.12. The largest absolute Gasteiger partial charge is 0.457 e. The molecule has 0 aliphatic heterocycles. The minimum Gasteiger partial charge on any atom is -0.457 e. The molecule has 23 heavy (non-hydrogen) atoms. The normalized spacial score (nSPS) is 13.3. The Bertz CT molecular complexity index is 963. The van der Waals surface area contributed by atoms with Gasteiger partial charge in [-0.1, -0.05) is 0 Å². The van der Waals surface area contributed by atoms with Crippen molar-refractivity contribution in [1.82, 2.24) is 0 Å². The first kappa shape index (κ1) is 13.8. The van der Waals surface area contributed by atoms with Gasteiger partial charge in [-0.25, -0.2) is 9.59 Å². The number of rotatable bonds is 2. The van der Waals surface area contributed by atoms with Crippen molar-refractivity contribution in [3.8, 4) is 5.75 Å². The fourth-order valence-electron chi connectivity index (χ4n) is 3.12. The van der Waals surface area contributed by atoms with E-state index in [1.54, 1.807) is 19.1 Å². The highest BCUT2D eigenvalue weighted by Crippen LogP contribution is 2.33. The van der Waals surface area contributed by atoms with E-state index in [1.165, 1.54) is 12.3 Å². The van der Waals surface area contributed by atoms with Crippen LogP contribution in [0.1, 0.15) is 33.7 Å². The summed E-state index contributed by atoms with van der Waals surface area (Å²) in [5.41, 5.74) is 2.66. The van der Waals surface area contributed by atoms with Gasteiger partial charge in [-0.05, 0) is 56.0 Å². The molecule has 0 N–H and O–H groups in total. The fraction of sp³-hybridized carbons (Fsp3) is 0.222. The maximum Gasteiger partial charge on any atom is 0.379 e. The zero-order valence-corrected chi connectivity index (χ0v) is 12.5. The number of ether oxygens (including phenoxy) is 1. The first-order valence-corrected chi connectivity index (χ1v) is 7.49. The van der Waals surface area contributed by atoms with E-state index in [4.69, 9.17) is 13.6 Å². The summed E-state index contributed by atoms with van der Waals surface area (Å²) in [5, 5.41) is 0.924. The van der Waals surface area contributed by atoms with Crippen molar-refractivity contribution in [1.29, 1.82) is 0 Å². The second-order valence-electron chi connectivity index (χ2n) is 5.63. The smallest absolute Gasteiger partial charge is 0.379 e. The van der Waals surface area contributed by atoms with Gasteiger partial charge >= 0.3 is 11.6 Å². The third-order valence-electron chi connectivity index (χ3n) is 4.27. The van der Waals surface area contributed by atoms with Crippen LogP contribution in [0.3, 0.4) is 0 Å². The van der Waals surface area contributed by atoms with Gasteiger partial charge in [0.1, 0.15) is 11.3 Å². The fourth-order valence-corrected chi connectivity index (χ4v) is 3.12. The van der Waals surface area contributed by atoms with Gasteiger partial charge in [0.05, 0.1) is 6.26 Å². The summed E-state index contributed by atoms with van der Waals surface area (Å²) in [4.78, 5) is 24.1. The lowest BCUT2D eigenvalue weighted by molar-refractivity contribution is 0.0700. The number of carbonyl (C=O) groups excluding carboxylic acids is 1. The molecule has 0 atom stereocenters. The van der Waals surface area contributed by atoms with Crippen LogP contribution in [0, 0.1) is 6.92 Å². The molecule has 0 spiro atoms. The van der Waals surface area contributed by atoms with Crippen LogP contribution in [0.5, 0.6) is 5.75 Å². The van der Waals surface area contributed by atoms with E-state index in [1.807, 2.05) is 6.07 Å². The molecular formula is C18H14O5. The van der Waals surface area contributed by atoms with Crippen LogP contribution in [-0.4, -0.2) is 5.97 Å². The van der Waals surface area contributed by atoms with Crippen molar-refractivity contribution >= 4 is 16.9 Å². The zero-order chi connectivity index (χ0) is 16.0. The Hall–Kier alpha value is -2.82. The van der Waals surface area contributed by atoms with Gasteiger partial charge < -0.3 is 13.6 Å². The Kier molecular flexibility index (Phi) is 3.08. The van der Waals surface area contributed by atoms with E-state index in [-0.39, 0.29) is 11.4 Å². The molecule has 4 rings (SSSR count). The molecule has 0 fully saturated rings. The number of esters is 1. The van der Waals surface area contributed by atoms with Crippen molar-refractivity contribution in [2.75, 3.05) is 0 Å². The van der Waals surface area contributed by atoms with E-state index in [0.29, 0.717) is 16.9 Å². The van der Waals surface area contributed by atoms with Crippen LogP contribution in [0.4, 0.5) is 0 Å². The molecule has 0 radical (unpaired) electrons. The minimum absolute atomic E-state index is 0.125. The molecule has 5 heteroatoms. The van der Waals surface area contributed by atoms with Crippen LogP contribution in [0.25, 0.3) is 11.0 Å². The van der Waals surface area contributed by atoms with Crippen LogP contribution < -0.4 is 10.4 Å². The molecule has 116 valence electrons. The molecule has 2 aromatic heterocycles. The maximum absolute atomic E-state index is 12.1. The summed E-state index contributed by atoms with van der Waals surface area (Å²) in [7, 11) is 0. The monoisotopic (exact) mass is 310 g/mol. The maximum atomic E-state index is 12.1. The minimum atomic E-state index is -0.582. The summed E-state index contributed by atoms with van der Waals surface area (Å²) in [6.45, 7) is 1.78. The van der Waals surface area contributed by atoms with E-state index < -0.39 is 5.97 Å². The molecule has 0 saturated carbocycles. The van der Waals surface area contributed by atoms with E-state index in [9.17, 15) is 9.59 Å². The lowest BCUT2D eigenvalue weighted by atomic mass is 10.0. The van der Waals surface area contributed by atoms with Crippen LogP contribution in [-0.2, 0) is 12.8 Å². The number of hydrogen-bond acceptors (Lipinski definition) is 5. The molecule has 3 aromatic rings. The van der Waals surface area contributed by atoms with Crippen LogP contribution in [0.15, 0.2) is 44.2 Å². The van der Waals surface area contributed by atoms with Gasteiger partial charge in [0.2, 0.25) is 5.76 Å². The average molecular weight is 310 g/mol. The Balaban J connectivity index is 1.81. The summed E-state index contributed by atoms with van der Waals surface area (Å²) >= 11 is 0. The molecule has 1 aliphatic rings. The number of benzene rings is 1. The lowest BCUT2D eigenvalue weighted by Crippen LogP contribution is -2.10. The quantitative estimate of drug-likeness (QED) is 0.412. The first-order chi connectivity index (χ1) is 11.1. The van der Waals surface area contributed by atoms with Crippen molar-refractivity contribution in [3.63, 3.8) is 0 Å². The number of carbonyl (C=O) groups is 1. The van der Waals surface area contributed by atoms with Gasteiger partial charge in [0.25, 0.3) is 0 Å². The van der Waals surface area contributed by atoms with E-state index >= 15 is 0 Å². The molecule has 1 aromatic carbocycles. The first-order valence-electron chi connectivity index (χ1n) is 7.49. The highest BCUT2D eigenvalue weighted by molar-refractivity contribution is 5.91. The lowest BCUT2D eigenvalue weighted by Gasteiger charge is -2.10. The summed E-state index contributed by atoms with van der Waals surface area (Å²) in [6, 6.07) is 6.73. The Labute approximate surface area is 131 Å². The van der Waals surface area contributed by atoms with Gasteiger partial charge in [-0.3, -0.25) is 0 Å². The molecular weight excluding hydrogens is 296 g/mol. The number of furan rings is 1. The van der Waals surface area contributed by atoms with Crippen molar-refractivity contribution in [2.45, 2.75) is 26.2 Å². The molecule has 0 saturated heterocycles. The van der Waals surface area contributed by atoms with E-state index in [2.05, 4.69) is 0 Å². The van der Waals surface area contributed by atoms with Crippen molar-refractivity contribution in [3.05, 3.63) is 63.4 Å². The molecule has 0 amide bonds.